The lowest BCUT2D eigenvalue weighted by molar-refractivity contribution is 0.600. The van der Waals surface area contributed by atoms with Crippen molar-refractivity contribution in [1.29, 1.82) is 0 Å². The Labute approximate surface area is 125 Å². The van der Waals surface area contributed by atoms with E-state index in [2.05, 4.69) is 20.7 Å². The van der Waals surface area contributed by atoms with Gasteiger partial charge in [0.25, 0.3) is 0 Å². The van der Waals surface area contributed by atoms with E-state index in [1.54, 1.807) is 42.5 Å². The summed E-state index contributed by atoms with van der Waals surface area (Å²) < 4.78 is 27.3. The van der Waals surface area contributed by atoms with Crippen molar-refractivity contribution in [2.45, 2.75) is 5.75 Å². The monoisotopic (exact) mass is 359 g/mol. The van der Waals surface area contributed by atoms with Crippen LogP contribution in [0.5, 0.6) is 0 Å². The molecule has 2 aromatic rings. The van der Waals surface area contributed by atoms with Crippen molar-refractivity contribution < 1.29 is 8.42 Å². The van der Waals surface area contributed by atoms with Crippen molar-refractivity contribution in [2.75, 3.05) is 4.72 Å². The predicted molar refractivity (Wildman–Crippen MR) is 81.8 cm³/mol. The Morgan fingerprint density at radius 3 is 2.42 bits per heavy atom. The Morgan fingerprint density at radius 1 is 1.11 bits per heavy atom. The predicted octanol–water partition coefficient (Wildman–Crippen LogP) is 4.04. The van der Waals surface area contributed by atoms with Gasteiger partial charge in [0.15, 0.2) is 0 Å². The van der Waals surface area contributed by atoms with E-state index in [9.17, 15) is 8.42 Å². The summed E-state index contributed by atoms with van der Waals surface area (Å²) in [6.45, 7) is 0. The minimum absolute atomic E-state index is 0.0831. The zero-order chi connectivity index (χ0) is 13.9. The average molecular weight is 361 g/mol. The molecule has 2 rings (SSSR count). The highest BCUT2D eigenvalue weighted by Gasteiger charge is 2.13. The Hall–Kier alpha value is -1.04. The van der Waals surface area contributed by atoms with Crippen LogP contribution in [0.15, 0.2) is 53.0 Å². The molecule has 6 heteroatoms. The first-order chi connectivity index (χ1) is 8.96. The summed E-state index contributed by atoms with van der Waals surface area (Å²) in [7, 11) is -3.47. The van der Waals surface area contributed by atoms with Gasteiger partial charge in [0.05, 0.1) is 16.5 Å². The van der Waals surface area contributed by atoms with Crippen LogP contribution in [0.25, 0.3) is 0 Å². The summed E-state index contributed by atoms with van der Waals surface area (Å²) in [5.41, 5.74) is 1.10. The van der Waals surface area contributed by atoms with Crippen molar-refractivity contribution in [3.8, 4) is 0 Å². The number of hydrogen-bond acceptors (Lipinski definition) is 2. The van der Waals surface area contributed by atoms with E-state index in [-0.39, 0.29) is 5.75 Å². The van der Waals surface area contributed by atoms with Crippen molar-refractivity contribution in [3.05, 3.63) is 63.6 Å². The van der Waals surface area contributed by atoms with Crippen LogP contribution in [0.2, 0.25) is 5.02 Å². The molecule has 0 heterocycles. The second-order valence-electron chi connectivity index (χ2n) is 3.97. The largest absolute Gasteiger partial charge is 0.282 e. The third-order valence-corrected chi connectivity index (χ3v) is 4.45. The molecule has 100 valence electrons. The molecule has 2 aromatic carbocycles. The van der Waals surface area contributed by atoms with Crippen LogP contribution < -0.4 is 4.72 Å². The minimum atomic E-state index is -3.47. The quantitative estimate of drug-likeness (QED) is 0.894. The van der Waals surface area contributed by atoms with Crippen LogP contribution in [0.3, 0.4) is 0 Å². The molecule has 0 fully saturated rings. The SMILES string of the molecule is O=S(=O)(Cc1ccccc1)Nc1ccc(Br)cc1Cl. The summed E-state index contributed by atoms with van der Waals surface area (Å²) in [4.78, 5) is 0. The molecular weight excluding hydrogens is 350 g/mol. The van der Waals surface area contributed by atoms with E-state index >= 15 is 0 Å². The number of benzene rings is 2. The van der Waals surface area contributed by atoms with E-state index in [1.165, 1.54) is 0 Å². The molecule has 0 saturated carbocycles. The number of hydrogen-bond donors (Lipinski definition) is 1. The maximum absolute atomic E-state index is 12.0. The zero-order valence-corrected chi connectivity index (χ0v) is 13.0. The third-order valence-electron chi connectivity index (χ3n) is 2.40. The normalized spacial score (nSPS) is 11.3. The number of halogens is 2. The molecule has 0 unspecified atom stereocenters. The highest BCUT2D eigenvalue weighted by atomic mass is 79.9. The fourth-order valence-corrected chi connectivity index (χ4v) is 3.56. The van der Waals surface area contributed by atoms with Gasteiger partial charge in [-0.15, -0.1) is 0 Å². The maximum atomic E-state index is 12.0. The van der Waals surface area contributed by atoms with Crippen LogP contribution in [-0.2, 0) is 15.8 Å². The first-order valence-corrected chi connectivity index (χ1v) is 8.28. The van der Waals surface area contributed by atoms with Crippen molar-refractivity contribution >= 4 is 43.2 Å². The van der Waals surface area contributed by atoms with Gasteiger partial charge in [0, 0.05) is 4.47 Å². The summed E-state index contributed by atoms with van der Waals surface area (Å²) >= 11 is 9.25. The number of nitrogens with one attached hydrogen (secondary N) is 1. The molecule has 0 aliphatic rings. The van der Waals surface area contributed by atoms with E-state index in [0.29, 0.717) is 10.7 Å². The number of anilines is 1. The molecule has 0 aliphatic carbocycles. The van der Waals surface area contributed by atoms with E-state index in [0.717, 1.165) is 10.0 Å². The second-order valence-corrected chi connectivity index (χ2v) is 7.02. The molecule has 0 aromatic heterocycles. The number of sulfonamides is 1. The maximum Gasteiger partial charge on any atom is 0.236 e. The highest BCUT2D eigenvalue weighted by Crippen LogP contribution is 2.26. The van der Waals surface area contributed by atoms with Crippen LogP contribution in [0.4, 0.5) is 5.69 Å². The lowest BCUT2D eigenvalue weighted by Gasteiger charge is -2.09. The summed E-state index contributed by atoms with van der Waals surface area (Å²) in [6.07, 6.45) is 0. The molecular formula is C13H11BrClNO2S. The molecule has 0 radical (unpaired) electrons. The standard InChI is InChI=1S/C13H11BrClNO2S/c14-11-6-7-13(12(15)8-11)16-19(17,18)9-10-4-2-1-3-5-10/h1-8,16H,9H2. The highest BCUT2D eigenvalue weighted by molar-refractivity contribution is 9.10. The molecule has 0 bridgehead atoms. The average Bonchev–Trinajstić information content (AvgIpc) is 2.33. The van der Waals surface area contributed by atoms with Gasteiger partial charge >= 0.3 is 0 Å². The Morgan fingerprint density at radius 2 is 1.79 bits per heavy atom. The van der Waals surface area contributed by atoms with Gasteiger partial charge in [-0.25, -0.2) is 8.42 Å². The van der Waals surface area contributed by atoms with Crippen LogP contribution in [-0.4, -0.2) is 8.42 Å². The van der Waals surface area contributed by atoms with Crippen LogP contribution in [0, 0.1) is 0 Å². The van der Waals surface area contributed by atoms with E-state index < -0.39 is 10.0 Å². The molecule has 0 spiro atoms. The topological polar surface area (TPSA) is 46.2 Å². The molecule has 19 heavy (non-hydrogen) atoms. The van der Waals surface area contributed by atoms with Crippen LogP contribution >= 0.6 is 27.5 Å². The van der Waals surface area contributed by atoms with E-state index in [4.69, 9.17) is 11.6 Å². The smallest absolute Gasteiger partial charge is 0.236 e. The number of rotatable bonds is 4. The van der Waals surface area contributed by atoms with E-state index in [1.807, 2.05) is 6.07 Å². The second kappa shape index (κ2) is 5.94. The lowest BCUT2D eigenvalue weighted by atomic mass is 10.2. The van der Waals surface area contributed by atoms with Crippen LogP contribution in [0.1, 0.15) is 5.56 Å². The van der Waals surface area contributed by atoms with Gasteiger partial charge in [-0.05, 0) is 23.8 Å². The molecule has 0 aliphatic heterocycles. The van der Waals surface area contributed by atoms with Gasteiger partial charge < -0.3 is 0 Å². The first kappa shape index (κ1) is 14.4. The third kappa shape index (κ3) is 4.23. The first-order valence-electron chi connectivity index (χ1n) is 5.46. The Kier molecular flexibility index (Phi) is 4.50. The van der Waals surface area contributed by atoms with Crippen molar-refractivity contribution in [1.82, 2.24) is 0 Å². The fraction of sp³-hybridized carbons (Fsp3) is 0.0769. The van der Waals surface area contributed by atoms with Crippen molar-refractivity contribution in [2.24, 2.45) is 0 Å². The Balaban J connectivity index is 2.17. The van der Waals surface area contributed by atoms with Gasteiger partial charge in [-0.3, -0.25) is 4.72 Å². The van der Waals surface area contributed by atoms with Gasteiger partial charge in [-0.1, -0.05) is 57.9 Å². The van der Waals surface area contributed by atoms with Gasteiger partial charge in [-0.2, -0.15) is 0 Å². The summed E-state index contributed by atoms with van der Waals surface area (Å²) in [5, 5.41) is 0.353. The zero-order valence-electron chi connectivity index (χ0n) is 9.81. The minimum Gasteiger partial charge on any atom is -0.282 e. The molecule has 0 saturated heterocycles. The molecule has 0 amide bonds. The van der Waals surface area contributed by atoms with Gasteiger partial charge in [0.2, 0.25) is 10.0 Å². The van der Waals surface area contributed by atoms with Crippen molar-refractivity contribution in [3.63, 3.8) is 0 Å². The van der Waals surface area contributed by atoms with Gasteiger partial charge in [0.1, 0.15) is 0 Å². The summed E-state index contributed by atoms with van der Waals surface area (Å²) in [5.74, 6) is -0.0831. The molecule has 0 atom stereocenters. The Bertz CT molecular complexity index is 674. The fourth-order valence-electron chi connectivity index (χ4n) is 1.57. The molecule has 3 nitrogen and oxygen atoms in total. The lowest BCUT2D eigenvalue weighted by Crippen LogP contribution is -2.15. The summed E-state index contributed by atoms with van der Waals surface area (Å²) in [6, 6.07) is 14.0. The molecule has 1 N–H and O–H groups in total.